The SMILES string of the molecule is CCCCN(C)c1ccc(NS(=O)(=O)c2ccc(C)cc2C)nn1. The molecule has 1 heterocycles. The maximum absolute atomic E-state index is 12.5. The Bertz CT molecular complexity index is 789. The van der Waals surface area contributed by atoms with E-state index in [1.807, 2.05) is 24.9 Å². The minimum absolute atomic E-state index is 0.211. The fraction of sp³-hybridized carbons (Fsp3) is 0.412. The van der Waals surface area contributed by atoms with Crippen molar-refractivity contribution in [2.45, 2.75) is 38.5 Å². The summed E-state index contributed by atoms with van der Waals surface area (Å²) in [4.78, 5) is 2.25. The highest BCUT2D eigenvalue weighted by Crippen LogP contribution is 2.20. The second-order valence-corrected chi connectivity index (χ2v) is 7.58. The van der Waals surface area contributed by atoms with Gasteiger partial charge in [-0.05, 0) is 44.0 Å². The summed E-state index contributed by atoms with van der Waals surface area (Å²) in [6.07, 6.45) is 2.17. The average molecular weight is 348 g/mol. The second-order valence-electron chi connectivity index (χ2n) is 5.93. The molecular weight excluding hydrogens is 324 g/mol. The molecular formula is C17H24N4O2S. The largest absolute Gasteiger partial charge is 0.358 e. The molecule has 6 nitrogen and oxygen atoms in total. The van der Waals surface area contributed by atoms with E-state index in [9.17, 15) is 8.42 Å². The molecule has 2 rings (SSSR count). The topological polar surface area (TPSA) is 75.2 Å². The van der Waals surface area contributed by atoms with Gasteiger partial charge < -0.3 is 4.90 Å². The summed E-state index contributed by atoms with van der Waals surface area (Å²) in [6, 6.07) is 8.62. The van der Waals surface area contributed by atoms with Gasteiger partial charge in [-0.3, -0.25) is 4.72 Å². The number of sulfonamides is 1. The van der Waals surface area contributed by atoms with Gasteiger partial charge in [0, 0.05) is 13.6 Å². The van der Waals surface area contributed by atoms with Crippen molar-refractivity contribution < 1.29 is 8.42 Å². The fourth-order valence-electron chi connectivity index (χ4n) is 2.39. The number of rotatable bonds is 7. The molecule has 1 aromatic heterocycles. The van der Waals surface area contributed by atoms with E-state index in [-0.39, 0.29) is 10.7 Å². The highest BCUT2D eigenvalue weighted by atomic mass is 32.2. The molecule has 2 aromatic rings. The van der Waals surface area contributed by atoms with Crippen LogP contribution in [0.25, 0.3) is 0 Å². The molecule has 0 saturated heterocycles. The third kappa shape index (κ3) is 4.44. The number of nitrogens with zero attached hydrogens (tertiary/aromatic N) is 3. The van der Waals surface area contributed by atoms with Crippen molar-refractivity contribution in [3.8, 4) is 0 Å². The summed E-state index contributed by atoms with van der Waals surface area (Å²) in [5, 5.41) is 8.08. The summed E-state index contributed by atoms with van der Waals surface area (Å²) < 4.78 is 27.5. The molecule has 130 valence electrons. The van der Waals surface area contributed by atoms with Crippen LogP contribution in [0.3, 0.4) is 0 Å². The summed E-state index contributed by atoms with van der Waals surface area (Å²) in [6.45, 7) is 6.72. The summed E-state index contributed by atoms with van der Waals surface area (Å²) >= 11 is 0. The van der Waals surface area contributed by atoms with Crippen LogP contribution in [-0.2, 0) is 10.0 Å². The second kappa shape index (κ2) is 7.61. The van der Waals surface area contributed by atoms with Crippen molar-refractivity contribution >= 4 is 21.7 Å². The standard InChI is InChI=1S/C17H24N4O2S/c1-5-6-11-21(4)17-10-9-16(18-19-17)20-24(22,23)15-8-7-13(2)12-14(15)3/h7-10,12H,5-6,11H2,1-4H3,(H,18,20). The van der Waals surface area contributed by atoms with Crippen LogP contribution >= 0.6 is 0 Å². The first kappa shape index (κ1) is 18.2. The predicted octanol–water partition coefficient (Wildman–Crippen LogP) is 3.13. The Hall–Kier alpha value is -2.15. The predicted molar refractivity (Wildman–Crippen MR) is 96.9 cm³/mol. The maximum atomic E-state index is 12.5. The Morgan fingerprint density at radius 3 is 2.46 bits per heavy atom. The molecule has 0 aliphatic carbocycles. The molecule has 0 fully saturated rings. The number of hydrogen-bond donors (Lipinski definition) is 1. The van der Waals surface area contributed by atoms with Crippen molar-refractivity contribution in [1.29, 1.82) is 0 Å². The molecule has 0 saturated carbocycles. The zero-order valence-electron chi connectivity index (χ0n) is 14.6. The van der Waals surface area contributed by atoms with Crippen LogP contribution in [0.4, 0.5) is 11.6 Å². The van der Waals surface area contributed by atoms with E-state index >= 15 is 0 Å². The molecule has 0 aliphatic rings. The van der Waals surface area contributed by atoms with Crippen molar-refractivity contribution in [2.24, 2.45) is 0 Å². The number of aromatic nitrogens is 2. The molecule has 0 aliphatic heterocycles. The fourth-order valence-corrected chi connectivity index (χ4v) is 3.61. The molecule has 0 atom stereocenters. The van der Waals surface area contributed by atoms with Crippen molar-refractivity contribution in [3.63, 3.8) is 0 Å². The van der Waals surface area contributed by atoms with E-state index in [2.05, 4.69) is 21.8 Å². The first-order chi connectivity index (χ1) is 11.3. The molecule has 0 spiro atoms. The lowest BCUT2D eigenvalue weighted by molar-refractivity contribution is 0.600. The molecule has 0 radical (unpaired) electrons. The smallest absolute Gasteiger partial charge is 0.263 e. The first-order valence-corrected chi connectivity index (χ1v) is 9.46. The molecule has 1 aromatic carbocycles. The lowest BCUT2D eigenvalue weighted by atomic mass is 10.2. The normalized spacial score (nSPS) is 11.3. The Labute approximate surface area is 144 Å². The first-order valence-electron chi connectivity index (χ1n) is 7.98. The lowest BCUT2D eigenvalue weighted by Gasteiger charge is -2.17. The number of benzene rings is 1. The van der Waals surface area contributed by atoms with Gasteiger partial charge in [0.05, 0.1) is 4.90 Å². The summed E-state index contributed by atoms with van der Waals surface area (Å²) in [5.74, 6) is 0.931. The van der Waals surface area contributed by atoms with Gasteiger partial charge in [0.15, 0.2) is 11.6 Å². The van der Waals surface area contributed by atoms with E-state index in [0.29, 0.717) is 5.56 Å². The number of hydrogen-bond acceptors (Lipinski definition) is 5. The Morgan fingerprint density at radius 2 is 1.88 bits per heavy atom. The van der Waals surface area contributed by atoms with Crippen molar-refractivity contribution in [2.75, 3.05) is 23.2 Å². The highest BCUT2D eigenvalue weighted by molar-refractivity contribution is 7.92. The van der Waals surface area contributed by atoms with Crippen LogP contribution in [0.15, 0.2) is 35.2 Å². The molecule has 0 bridgehead atoms. The van der Waals surface area contributed by atoms with Gasteiger partial charge in [0.25, 0.3) is 10.0 Å². The Kier molecular flexibility index (Phi) is 5.77. The van der Waals surface area contributed by atoms with Gasteiger partial charge in [-0.1, -0.05) is 31.0 Å². The number of nitrogens with one attached hydrogen (secondary N) is 1. The monoisotopic (exact) mass is 348 g/mol. The summed E-state index contributed by atoms with van der Waals surface area (Å²) in [5.41, 5.74) is 1.72. The number of unbranched alkanes of at least 4 members (excludes halogenated alkanes) is 1. The minimum atomic E-state index is -3.67. The number of anilines is 2. The van der Waals surface area contributed by atoms with Crippen LogP contribution in [-0.4, -0.2) is 32.2 Å². The molecule has 7 heteroatoms. The molecule has 1 N–H and O–H groups in total. The van der Waals surface area contributed by atoms with Gasteiger partial charge in [-0.25, -0.2) is 8.42 Å². The molecule has 0 unspecified atom stereocenters. The van der Waals surface area contributed by atoms with Gasteiger partial charge in [-0.15, -0.1) is 10.2 Å². The Morgan fingerprint density at radius 1 is 1.12 bits per heavy atom. The van der Waals surface area contributed by atoms with E-state index in [0.717, 1.165) is 30.8 Å². The van der Waals surface area contributed by atoms with Crippen LogP contribution in [0.5, 0.6) is 0 Å². The average Bonchev–Trinajstić information content (AvgIpc) is 2.52. The maximum Gasteiger partial charge on any atom is 0.263 e. The van der Waals surface area contributed by atoms with Crippen molar-refractivity contribution in [3.05, 3.63) is 41.5 Å². The number of aryl methyl sites for hydroxylation is 2. The van der Waals surface area contributed by atoms with E-state index in [1.54, 1.807) is 31.2 Å². The zero-order valence-corrected chi connectivity index (χ0v) is 15.4. The third-order valence-corrected chi connectivity index (χ3v) is 5.26. The van der Waals surface area contributed by atoms with Gasteiger partial charge in [0.1, 0.15) is 0 Å². The van der Waals surface area contributed by atoms with Crippen LogP contribution < -0.4 is 9.62 Å². The van der Waals surface area contributed by atoms with Crippen LogP contribution in [0.1, 0.15) is 30.9 Å². The third-order valence-electron chi connectivity index (χ3n) is 3.75. The molecule has 0 amide bonds. The quantitative estimate of drug-likeness (QED) is 0.832. The zero-order chi connectivity index (χ0) is 17.7. The lowest BCUT2D eigenvalue weighted by Crippen LogP contribution is -2.20. The van der Waals surface area contributed by atoms with E-state index in [1.165, 1.54) is 0 Å². The summed E-state index contributed by atoms with van der Waals surface area (Å²) in [7, 11) is -1.73. The Balaban J connectivity index is 2.15. The molecule has 24 heavy (non-hydrogen) atoms. The van der Waals surface area contributed by atoms with Gasteiger partial charge in [-0.2, -0.15) is 0 Å². The minimum Gasteiger partial charge on any atom is -0.358 e. The van der Waals surface area contributed by atoms with Crippen molar-refractivity contribution in [1.82, 2.24) is 10.2 Å². The van der Waals surface area contributed by atoms with Gasteiger partial charge >= 0.3 is 0 Å². The van der Waals surface area contributed by atoms with Crippen LogP contribution in [0.2, 0.25) is 0 Å². The highest BCUT2D eigenvalue weighted by Gasteiger charge is 2.17. The van der Waals surface area contributed by atoms with E-state index < -0.39 is 10.0 Å². The van der Waals surface area contributed by atoms with E-state index in [4.69, 9.17) is 0 Å². The van der Waals surface area contributed by atoms with Crippen LogP contribution in [0, 0.1) is 13.8 Å². The van der Waals surface area contributed by atoms with Gasteiger partial charge in [0.2, 0.25) is 0 Å².